The van der Waals surface area contributed by atoms with Crippen LogP contribution < -0.4 is 24.3 Å². The lowest BCUT2D eigenvalue weighted by molar-refractivity contribution is 0.355. The summed E-state index contributed by atoms with van der Waals surface area (Å²) in [6.45, 7) is 0. The van der Waals surface area contributed by atoms with Gasteiger partial charge in [-0.2, -0.15) is 9.50 Å². The largest absolute Gasteiger partial charge is 0.496 e. The zero-order valence-corrected chi connectivity index (χ0v) is 17.5. The van der Waals surface area contributed by atoms with E-state index < -0.39 is 0 Å². The molecule has 7 nitrogen and oxygen atoms in total. The summed E-state index contributed by atoms with van der Waals surface area (Å²) in [4.78, 5) is 17.7. The van der Waals surface area contributed by atoms with Crippen molar-refractivity contribution in [1.29, 1.82) is 0 Å². The van der Waals surface area contributed by atoms with Crippen molar-refractivity contribution in [3.8, 4) is 28.6 Å². The second kappa shape index (κ2) is 8.38. The first-order valence-electron chi connectivity index (χ1n) is 9.08. The van der Waals surface area contributed by atoms with E-state index in [1.807, 2.05) is 42.5 Å². The molecule has 2 aromatic heterocycles. The van der Waals surface area contributed by atoms with E-state index in [0.29, 0.717) is 26.8 Å². The number of benzene rings is 2. The first kappa shape index (κ1) is 19.7. The SMILES string of the molecule is COc1ccccc1C=CC=c1sc2nc(-c3ccc(OC)c(OC)c3)nn2c1=O. The Morgan fingerprint density at radius 1 is 0.967 bits per heavy atom. The smallest absolute Gasteiger partial charge is 0.291 e. The standard InChI is InChI=1S/C22H19N3O4S/c1-27-16-9-5-4-7-14(16)8-6-10-19-21(26)25-22(30-19)23-20(24-25)15-11-12-17(28-2)18(13-15)29-3/h4-13H,1-3H3. The molecule has 4 aromatic rings. The second-order valence-electron chi connectivity index (χ2n) is 6.24. The number of ether oxygens (including phenoxy) is 3. The first-order chi connectivity index (χ1) is 14.6. The van der Waals surface area contributed by atoms with Crippen LogP contribution in [-0.2, 0) is 0 Å². The zero-order valence-electron chi connectivity index (χ0n) is 16.7. The van der Waals surface area contributed by atoms with E-state index in [4.69, 9.17) is 14.2 Å². The third kappa shape index (κ3) is 3.65. The van der Waals surface area contributed by atoms with Crippen molar-refractivity contribution in [3.63, 3.8) is 0 Å². The number of nitrogens with zero attached hydrogens (tertiary/aromatic N) is 3. The highest BCUT2D eigenvalue weighted by atomic mass is 32.1. The number of hydrogen-bond donors (Lipinski definition) is 0. The van der Waals surface area contributed by atoms with Crippen LogP contribution in [0.15, 0.2) is 53.3 Å². The fraction of sp³-hybridized carbons (Fsp3) is 0.136. The predicted octanol–water partition coefficient (Wildman–Crippen LogP) is 3.06. The highest BCUT2D eigenvalue weighted by molar-refractivity contribution is 7.15. The fourth-order valence-corrected chi connectivity index (χ4v) is 3.85. The molecule has 0 bridgehead atoms. The number of allylic oxidation sites excluding steroid dienone is 1. The van der Waals surface area contributed by atoms with E-state index in [9.17, 15) is 4.79 Å². The molecule has 8 heteroatoms. The molecule has 0 N–H and O–H groups in total. The summed E-state index contributed by atoms with van der Waals surface area (Å²) in [7, 11) is 4.77. The Morgan fingerprint density at radius 3 is 2.47 bits per heavy atom. The molecule has 0 aliphatic carbocycles. The highest BCUT2D eigenvalue weighted by Gasteiger charge is 2.14. The summed E-state index contributed by atoms with van der Waals surface area (Å²) in [6, 6.07) is 13.1. The molecular weight excluding hydrogens is 402 g/mol. The fourth-order valence-electron chi connectivity index (χ4n) is 2.99. The van der Waals surface area contributed by atoms with Crippen molar-refractivity contribution in [2.24, 2.45) is 0 Å². The average Bonchev–Trinajstić information content (AvgIpc) is 3.33. The molecule has 0 saturated carbocycles. The van der Waals surface area contributed by atoms with Crippen molar-refractivity contribution in [3.05, 3.63) is 69.0 Å². The summed E-state index contributed by atoms with van der Waals surface area (Å²) in [5.74, 6) is 2.42. The number of methoxy groups -OCH3 is 3. The molecule has 30 heavy (non-hydrogen) atoms. The van der Waals surface area contributed by atoms with Gasteiger partial charge in [-0.05, 0) is 30.3 Å². The minimum atomic E-state index is -0.209. The molecule has 0 aliphatic rings. The Balaban J connectivity index is 1.67. The van der Waals surface area contributed by atoms with Gasteiger partial charge >= 0.3 is 0 Å². The molecule has 0 saturated heterocycles. The van der Waals surface area contributed by atoms with Gasteiger partial charge in [-0.1, -0.05) is 41.7 Å². The van der Waals surface area contributed by atoms with Crippen molar-refractivity contribution in [2.75, 3.05) is 21.3 Å². The van der Waals surface area contributed by atoms with E-state index in [2.05, 4.69) is 10.1 Å². The van der Waals surface area contributed by atoms with Crippen LogP contribution in [0.4, 0.5) is 0 Å². The molecular formula is C22H19N3O4S. The maximum absolute atomic E-state index is 12.7. The topological polar surface area (TPSA) is 74.9 Å². The van der Waals surface area contributed by atoms with Crippen molar-refractivity contribution < 1.29 is 14.2 Å². The maximum Gasteiger partial charge on any atom is 0.291 e. The normalized spacial score (nSPS) is 12.0. The molecule has 0 radical (unpaired) electrons. The van der Waals surface area contributed by atoms with Crippen LogP contribution in [0.3, 0.4) is 0 Å². The molecule has 0 fully saturated rings. The second-order valence-corrected chi connectivity index (χ2v) is 7.25. The lowest BCUT2D eigenvalue weighted by atomic mass is 10.2. The lowest BCUT2D eigenvalue weighted by Gasteiger charge is -2.07. The van der Waals surface area contributed by atoms with E-state index in [1.165, 1.54) is 15.9 Å². The minimum absolute atomic E-state index is 0.209. The number of thiazole rings is 1. The van der Waals surface area contributed by atoms with Gasteiger partial charge < -0.3 is 14.2 Å². The van der Waals surface area contributed by atoms with E-state index in [1.54, 1.807) is 39.5 Å². The molecule has 0 unspecified atom stereocenters. The molecule has 0 aliphatic heterocycles. The molecule has 2 heterocycles. The van der Waals surface area contributed by atoms with Crippen LogP contribution in [-0.4, -0.2) is 35.9 Å². The molecule has 0 atom stereocenters. The van der Waals surface area contributed by atoms with E-state index in [0.717, 1.165) is 16.9 Å². The summed E-state index contributed by atoms with van der Waals surface area (Å²) in [5, 5.41) is 4.37. The third-order valence-corrected chi connectivity index (χ3v) is 5.46. The Morgan fingerprint density at radius 2 is 1.73 bits per heavy atom. The monoisotopic (exact) mass is 421 g/mol. The van der Waals surface area contributed by atoms with Crippen LogP contribution in [0.25, 0.3) is 28.5 Å². The molecule has 0 amide bonds. The summed E-state index contributed by atoms with van der Waals surface area (Å²) in [5.41, 5.74) is 1.46. The average molecular weight is 421 g/mol. The third-order valence-electron chi connectivity index (χ3n) is 4.49. The van der Waals surface area contributed by atoms with Crippen LogP contribution in [0.5, 0.6) is 17.2 Å². The number of hydrogen-bond acceptors (Lipinski definition) is 7. The van der Waals surface area contributed by atoms with Crippen molar-refractivity contribution in [2.45, 2.75) is 0 Å². The zero-order chi connectivity index (χ0) is 21.1. The van der Waals surface area contributed by atoms with Crippen LogP contribution >= 0.6 is 11.3 Å². The molecule has 0 spiro atoms. The van der Waals surface area contributed by atoms with Gasteiger partial charge in [-0.15, -0.1) is 5.10 Å². The predicted molar refractivity (Wildman–Crippen MR) is 117 cm³/mol. The van der Waals surface area contributed by atoms with Gasteiger partial charge in [0.1, 0.15) is 5.75 Å². The first-order valence-corrected chi connectivity index (χ1v) is 9.89. The highest BCUT2D eigenvalue weighted by Crippen LogP contribution is 2.31. The number of rotatable bonds is 6. The van der Waals surface area contributed by atoms with Gasteiger partial charge in [0.2, 0.25) is 4.96 Å². The number of para-hydroxylation sites is 1. The summed E-state index contributed by atoms with van der Waals surface area (Å²) in [6.07, 6.45) is 5.47. The van der Waals surface area contributed by atoms with Crippen molar-refractivity contribution >= 4 is 28.4 Å². The van der Waals surface area contributed by atoms with Crippen LogP contribution in [0.2, 0.25) is 0 Å². The lowest BCUT2D eigenvalue weighted by Crippen LogP contribution is -2.23. The van der Waals surface area contributed by atoms with Gasteiger partial charge in [0.05, 0.1) is 25.9 Å². The minimum Gasteiger partial charge on any atom is -0.496 e. The molecule has 2 aromatic carbocycles. The van der Waals surface area contributed by atoms with Gasteiger partial charge in [0.25, 0.3) is 5.56 Å². The van der Waals surface area contributed by atoms with Gasteiger partial charge in [-0.25, -0.2) is 0 Å². The van der Waals surface area contributed by atoms with Gasteiger partial charge in [-0.3, -0.25) is 4.79 Å². The van der Waals surface area contributed by atoms with E-state index in [-0.39, 0.29) is 5.56 Å². The summed E-state index contributed by atoms with van der Waals surface area (Å²) < 4.78 is 17.8. The number of aromatic nitrogens is 3. The van der Waals surface area contributed by atoms with Crippen LogP contribution in [0, 0.1) is 0 Å². The van der Waals surface area contributed by atoms with Gasteiger partial charge in [0, 0.05) is 11.1 Å². The quantitative estimate of drug-likeness (QED) is 0.476. The Labute approximate surface area is 176 Å². The van der Waals surface area contributed by atoms with E-state index >= 15 is 0 Å². The number of fused-ring (bicyclic) bond motifs is 1. The summed E-state index contributed by atoms with van der Waals surface area (Å²) >= 11 is 1.28. The van der Waals surface area contributed by atoms with Gasteiger partial charge in [0.15, 0.2) is 17.3 Å². The molecule has 4 rings (SSSR count). The maximum atomic E-state index is 12.7. The Bertz CT molecular complexity index is 1340. The van der Waals surface area contributed by atoms with Crippen LogP contribution in [0.1, 0.15) is 5.56 Å². The Hall–Kier alpha value is -3.65. The Kier molecular flexibility index (Phi) is 5.49. The molecule has 152 valence electrons. The van der Waals surface area contributed by atoms with Crippen molar-refractivity contribution in [1.82, 2.24) is 14.6 Å².